The predicted molar refractivity (Wildman–Crippen MR) is 87.9 cm³/mol. The second kappa shape index (κ2) is 6.99. The maximum atomic E-state index is 10.5. The topological polar surface area (TPSA) is 40.5 Å². The minimum Gasteiger partial charge on any atom is -0.478 e. The van der Waals surface area contributed by atoms with Crippen LogP contribution in [-0.4, -0.2) is 24.2 Å². The summed E-state index contributed by atoms with van der Waals surface area (Å²) in [6.07, 6.45) is 5.09. The standard InChI is InChI=1S/C17H22ClNO2/c1-12(2)14-7-9-19(10-8-14)16-5-3-13(11-15(16)18)4-6-17(20)21/h3-6,11-12,14H,7-10H2,1-2H3,(H,20,21)/b6-4+. The van der Waals surface area contributed by atoms with E-state index in [0.717, 1.165) is 42.3 Å². The van der Waals surface area contributed by atoms with E-state index >= 15 is 0 Å². The summed E-state index contributed by atoms with van der Waals surface area (Å²) in [5.74, 6) is 0.593. The first-order valence-corrected chi connectivity index (χ1v) is 7.80. The molecule has 1 aliphatic rings. The number of rotatable bonds is 4. The molecule has 1 fully saturated rings. The number of nitrogens with zero attached hydrogens (tertiary/aromatic N) is 1. The molecule has 0 atom stereocenters. The highest BCUT2D eigenvalue weighted by Crippen LogP contribution is 2.32. The molecule has 0 spiro atoms. The molecule has 1 saturated heterocycles. The van der Waals surface area contributed by atoms with Gasteiger partial charge in [-0.2, -0.15) is 0 Å². The van der Waals surface area contributed by atoms with Gasteiger partial charge in [-0.3, -0.25) is 0 Å². The van der Waals surface area contributed by atoms with Crippen molar-refractivity contribution >= 4 is 29.3 Å². The smallest absolute Gasteiger partial charge is 0.328 e. The van der Waals surface area contributed by atoms with Gasteiger partial charge in [0.15, 0.2) is 0 Å². The van der Waals surface area contributed by atoms with Crippen molar-refractivity contribution in [2.75, 3.05) is 18.0 Å². The summed E-state index contributed by atoms with van der Waals surface area (Å²) in [5, 5.41) is 9.33. The zero-order chi connectivity index (χ0) is 15.4. The second-order valence-corrected chi connectivity index (χ2v) is 6.36. The van der Waals surface area contributed by atoms with Crippen LogP contribution in [0, 0.1) is 11.8 Å². The van der Waals surface area contributed by atoms with Gasteiger partial charge in [-0.25, -0.2) is 4.79 Å². The van der Waals surface area contributed by atoms with Crippen LogP contribution in [0.15, 0.2) is 24.3 Å². The van der Waals surface area contributed by atoms with E-state index in [0.29, 0.717) is 5.02 Å². The molecule has 1 aromatic rings. The summed E-state index contributed by atoms with van der Waals surface area (Å²) < 4.78 is 0. The minimum absolute atomic E-state index is 0.686. The Labute approximate surface area is 131 Å². The maximum Gasteiger partial charge on any atom is 0.328 e. The Kier molecular flexibility index (Phi) is 5.29. The number of anilines is 1. The average Bonchev–Trinajstić information content (AvgIpc) is 2.45. The Morgan fingerprint density at radius 1 is 1.38 bits per heavy atom. The van der Waals surface area contributed by atoms with E-state index in [9.17, 15) is 4.79 Å². The summed E-state index contributed by atoms with van der Waals surface area (Å²) >= 11 is 6.35. The van der Waals surface area contributed by atoms with Crippen molar-refractivity contribution < 1.29 is 9.90 Å². The van der Waals surface area contributed by atoms with Gasteiger partial charge in [0, 0.05) is 19.2 Å². The molecule has 0 unspecified atom stereocenters. The molecule has 0 amide bonds. The quantitative estimate of drug-likeness (QED) is 0.843. The van der Waals surface area contributed by atoms with E-state index in [1.165, 1.54) is 12.8 Å². The second-order valence-electron chi connectivity index (χ2n) is 5.95. The van der Waals surface area contributed by atoms with Crippen molar-refractivity contribution in [2.24, 2.45) is 11.8 Å². The fraction of sp³-hybridized carbons (Fsp3) is 0.471. The van der Waals surface area contributed by atoms with Crippen LogP contribution in [0.4, 0.5) is 5.69 Å². The fourth-order valence-electron chi connectivity index (χ4n) is 2.86. The van der Waals surface area contributed by atoms with Crippen LogP contribution >= 0.6 is 11.6 Å². The van der Waals surface area contributed by atoms with Gasteiger partial charge in [-0.15, -0.1) is 0 Å². The highest BCUT2D eigenvalue weighted by molar-refractivity contribution is 6.33. The monoisotopic (exact) mass is 307 g/mol. The third kappa shape index (κ3) is 4.24. The van der Waals surface area contributed by atoms with E-state index < -0.39 is 5.97 Å². The van der Waals surface area contributed by atoms with E-state index in [4.69, 9.17) is 16.7 Å². The van der Waals surface area contributed by atoms with Gasteiger partial charge in [0.25, 0.3) is 0 Å². The molecule has 0 radical (unpaired) electrons. The fourth-order valence-corrected chi connectivity index (χ4v) is 3.17. The van der Waals surface area contributed by atoms with E-state index in [1.54, 1.807) is 6.08 Å². The van der Waals surface area contributed by atoms with Crippen LogP contribution in [0.1, 0.15) is 32.3 Å². The van der Waals surface area contributed by atoms with Crippen molar-refractivity contribution in [3.05, 3.63) is 34.9 Å². The molecule has 21 heavy (non-hydrogen) atoms. The van der Waals surface area contributed by atoms with Gasteiger partial charge in [0.1, 0.15) is 0 Å². The zero-order valence-corrected chi connectivity index (χ0v) is 13.3. The Hall–Kier alpha value is -1.48. The van der Waals surface area contributed by atoms with Crippen molar-refractivity contribution in [3.63, 3.8) is 0 Å². The predicted octanol–water partition coefficient (Wildman–Crippen LogP) is 4.31. The highest BCUT2D eigenvalue weighted by atomic mass is 35.5. The zero-order valence-electron chi connectivity index (χ0n) is 12.6. The molecule has 1 N–H and O–H groups in total. The third-order valence-electron chi connectivity index (χ3n) is 4.21. The number of hydrogen-bond acceptors (Lipinski definition) is 2. The number of halogens is 1. The third-order valence-corrected chi connectivity index (χ3v) is 4.52. The molecule has 2 rings (SSSR count). The summed E-state index contributed by atoms with van der Waals surface area (Å²) in [6.45, 7) is 6.65. The van der Waals surface area contributed by atoms with Crippen LogP contribution in [0.5, 0.6) is 0 Å². The number of carbonyl (C=O) groups is 1. The van der Waals surface area contributed by atoms with Gasteiger partial charge < -0.3 is 10.0 Å². The van der Waals surface area contributed by atoms with E-state index in [-0.39, 0.29) is 0 Å². The van der Waals surface area contributed by atoms with Crippen molar-refractivity contribution in [1.82, 2.24) is 0 Å². The number of hydrogen-bond donors (Lipinski definition) is 1. The lowest BCUT2D eigenvalue weighted by molar-refractivity contribution is -0.131. The van der Waals surface area contributed by atoms with Gasteiger partial charge in [0.2, 0.25) is 0 Å². The Bertz CT molecular complexity index is 532. The van der Waals surface area contributed by atoms with Gasteiger partial charge in [0.05, 0.1) is 10.7 Å². The Morgan fingerprint density at radius 2 is 2.05 bits per heavy atom. The lowest BCUT2D eigenvalue weighted by atomic mass is 9.86. The molecular formula is C17H22ClNO2. The van der Waals surface area contributed by atoms with Gasteiger partial charge in [-0.05, 0) is 48.4 Å². The minimum atomic E-state index is -0.953. The lowest BCUT2D eigenvalue weighted by Gasteiger charge is -2.35. The van der Waals surface area contributed by atoms with Crippen LogP contribution in [0.3, 0.4) is 0 Å². The number of carboxylic acids is 1. The Balaban J connectivity index is 2.06. The van der Waals surface area contributed by atoms with Crippen LogP contribution in [0.25, 0.3) is 6.08 Å². The molecule has 1 aliphatic heterocycles. The molecule has 0 bridgehead atoms. The van der Waals surface area contributed by atoms with Crippen LogP contribution in [-0.2, 0) is 4.79 Å². The normalized spacial score (nSPS) is 16.9. The van der Waals surface area contributed by atoms with Crippen molar-refractivity contribution in [2.45, 2.75) is 26.7 Å². The van der Waals surface area contributed by atoms with Crippen LogP contribution < -0.4 is 4.90 Å². The molecule has 0 aromatic heterocycles. The molecule has 0 aliphatic carbocycles. The van der Waals surface area contributed by atoms with Crippen LogP contribution in [0.2, 0.25) is 5.02 Å². The van der Waals surface area contributed by atoms with Crippen molar-refractivity contribution in [3.8, 4) is 0 Å². The molecule has 4 heteroatoms. The molecule has 1 heterocycles. The molecule has 1 aromatic carbocycles. The lowest BCUT2D eigenvalue weighted by Crippen LogP contribution is -2.35. The first-order chi connectivity index (χ1) is 9.97. The molecule has 0 saturated carbocycles. The van der Waals surface area contributed by atoms with Crippen molar-refractivity contribution in [1.29, 1.82) is 0 Å². The van der Waals surface area contributed by atoms with Gasteiger partial charge in [-0.1, -0.05) is 31.5 Å². The molecular weight excluding hydrogens is 286 g/mol. The van der Waals surface area contributed by atoms with Gasteiger partial charge >= 0.3 is 5.97 Å². The number of piperidine rings is 1. The first kappa shape index (κ1) is 15.9. The first-order valence-electron chi connectivity index (χ1n) is 7.43. The largest absolute Gasteiger partial charge is 0.478 e. The average molecular weight is 308 g/mol. The summed E-state index contributed by atoms with van der Waals surface area (Å²) in [4.78, 5) is 12.9. The molecule has 114 valence electrons. The highest BCUT2D eigenvalue weighted by Gasteiger charge is 2.22. The number of aliphatic carboxylic acids is 1. The number of benzene rings is 1. The maximum absolute atomic E-state index is 10.5. The molecule has 3 nitrogen and oxygen atoms in total. The Morgan fingerprint density at radius 3 is 2.57 bits per heavy atom. The summed E-state index contributed by atoms with van der Waals surface area (Å²) in [5.41, 5.74) is 1.86. The SMILES string of the molecule is CC(C)C1CCN(c2ccc(/C=C/C(=O)O)cc2Cl)CC1. The summed E-state index contributed by atoms with van der Waals surface area (Å²) in [7, 11) is 0. The summed E-state index contributed by atoms with van der Waals surface area (Å²) in [6, 6.07) is 5.72. The van der Waals surface area contributed by atoms with E-state index in [1.807, 2.05) is 18.2 Å². The number of carboxylic acid groups (broad SMARTS) is 1. The van der Waals surface area contributed by atoms with E-state index in [2.05, 4.69) is 18.7 Å².